The van der Waals surface area contributed by atoms with Gasteiger partial charge in [0.15, 0.2) is 6.17 Å². The molecule has 1 unspecified atom stereocenters. The van der Waals surface area contributed by atoms with Gasteiger partial charge in [-0.25, -0.2) is 0 Å². The Labute approximate surface area is 290 Å². The zero-order valence-electron chi connectivity index (χ0n) is 27.3. The van der Waals surface area contributed by atoms with Crippen molar-refractivity contribution in [2.24, 2.45) is 4.99 Å². The number of allylic oxidation sites excluding steroid dienone is 1. The van der Waals surface area contributed by atoms with Crippen molar-refractivity contribution in [2.45, 2.75) is 6.17 Å². The summed E-state index contributed by atoms with van der Waals surface area (Å²) in [5.41, 5.74) is 11.3. The lowest BCUT2D eigenvalue weighted by atomic mass is 10.0. The predicted octanol–water partition coefficient (Wildman–Crippen LogP) is 11.5. The van der Waals surface area contributed by atoms with Gasteiger partial charge in [-0.05, 0) is 48.0 Å². The fourth-order valence-corrected chi connectivity index (χ4v) is 7.84. The van der Waals surface area contributed by atoms with Crippen LogP contribution in [0.4, 0.5) is 5.69 Å². The van der Waals surface area contributed by atoms with Crippen LogP contribution >= 0.6 is 0 Å². The molecule has 2 aromatic heterocycles. The second-order valence-electron chi connectivity index (χ2n) is 12.8. The van der Waals surface area contributed by atoms with E-state index in [2.05, 4.69) is 202 Å². The number of hydrogen-bond donors (Lipinski definition) is 0. The molecule has 0 bridgehead atoms. The highest BCUT2D eigenvalue weighted by Gasteiger charge is 2.27. The molecule has 4 heteroatoms. The summed E-state index contributed by atoms with van der Waals surface area (Å²) in [4.78, 5) is 7.68. The number of aliphatic imine (C=N–C) groups is 1. The number of aromatic nitrogens is 2. The standard InChI is InChI=1S/C46H32N4/c1-2-16-32(17-3-1)46-47-30-33(34-18-4-9-23-39(34)49-40-24-10-5-19-35(40)36-20-6-11-25-41(36)49)31-48(46)44-28-14-15-29-45(44)50-42-26-12-7-21-37(42)38-22-8-13-27-43(38)50/h1-31,46H. The van der Waals surface area contributed by atoms with Gasteiger partial charge in [-0.15, -0.1) is 0 Å². The molecule has 1 aliphatic rings. The van der Waals surface area contributed by atoms with Crippen LogP contribution < -0.4 is 4.90 Å². The minimum atomic E-state index is -0.241. The average molecular weight is 641 g/mol. The smallest absolute Gasteiger partial charge is 0.150 e. The number of anilines is 1. The monoisotopic (exact) mass is 640 g/mol. The second kappa shape index (κ2) is 11.5. The highest BCUT2D eigenvalue weighted by atomic mass is 15.3. The van der Waals surface area contributed by atoms with Crippen LogP contribution in [-0.2, 0) is 0 Å². The Morgan fingerprint density at radius 1 is 0.380 bits per heavy atom. The SMILES string of the molecule is C1=NC(c2ccccc2)N(c2ccccc2-n2c3ccccc3c3ccccc32)C=C1c1ccccc1-n1c2ccccc2c2ccccc21. The lowest BCUT2D eigenvalue weighted by Gasteiger charge is -2.33. The van der Waals surface area contributed by atoms with Gasteiger partial charge in [0, 0.05) is 45.1 Å². The van der Waals surface area contributed by atoms with Gasteiger partial charge in [0.05, 0.1) is 39.1 Å². The molecule has 1 atom stereocenters. The van der Waals surface area contributed by atoms with Crippen LogP contribution in [0.25, 0.3) is 60.6 Å². The molecule has 10 rings (SSSR count). The Bertz CT molecular complexity index is 2680. The molecule has 0 amide bonds. The molecular formula is C46H32N4. The van der Waals surface area contributed by atoms with Gasteiger partial charge in [-0.2, -0.15) is 0 Å². The first-order valence-electron chi connectivity index (χ1n) is 17.1. The summed E-state index contributed by atoms with van der Waals surface area (Å²) < 4.78 is 4.80. The van der Waals surface area contributed by atoms with E-state index in [-0.39, 0.29) is 6.17 Å². The Morgan fingerprint density at radius 2 is 0.800 bits per heavy atom. The number of rotatable bonds is 5. The summed E-state index contributed by atoms with van der Waals surface area (Å²) in [6.07, 6.45) is 4.11. The highest BCUT2D eigenvalue weighted by molar-refractivity contribution is 6.15. The summed E-state index contributed by atoms with van der Waals surface area (Å²) in [5.74, 6) is 0. The van der Waals surface area contributed by atoms with E-state index in [9.17, 15) is 0 Å². The number of para-hydroxylation sites is 7. The third-order valence-corrected chi connectivity index (χ3v) is 10.0. The van der Waals surface area contributed by atoms with Crippen molar-refractivity contribution in [3.8, 4) is 11.4 Å². The van der Waals surface area contributed by atoms with E-state index in [4.69, 9.17) is 4.99 Å². The van der Waals surface area contributed by atoms with Gasteiger partial charge in [-0.3, -0.25) is 4.99 Å². The minimum Gasteiger partial charge on any atom is -0.319 e. The van der Waals surface area contributed by atoms with Gasteiger partial charge in [0.1, 0.15) is 0 Å². The van der Waals surface area contributed by atoms with E-state index < -0.39 is 0 Å². The molecule has 0 fully saturated rings. The summed E-state index contributed by atoms with van der Waals surface area (Å²) in [5, 5.41) is 4.97. The Balaban J connectivity index is 1.21. The van der Waals surface area contributed by atoms with Gasteiger partial charge in [-0.1, -0.05) is 133 Å². The molecule has 3 heterocycles. The summed E-state index contributed by atoms with van der Waals surface area (Å²) in [6, 6.07) is 62.8. The highest BCUT2D eigenvalue weighted by Crippen LogP contribution is 2.41. The van der Waals surface area contributed by atoms with Crippen LogP contribution in [0, 0.1) is 0 Å². The van der Waals surface area contributed by atoms with E-state index in [1.54, 1.807) is 0 Å². The normalized spacial score (nSPS) is 14.6. The van der Waals surface area contributed by atoms with Crippen LogP contribution in [0.15, 0.2) is 187 Å². The van der Waals surface area contributed by atoms with Crippen molar-refractivity contribution >= 4 is 61.1 Å². The lowest BCUT2D eigenvalue weighted by molar-refractivity contribution is 0.730. The molecule has 4 nitrogen and oxygen atoms in total. The van der Waals surface area contributed by atoms with Crippen molar-refractivity contribution in [1.82, 2.24) is 9.13 Å². The third-order valence-electron chi connectivity index (χ3n) is 10.0. The molecule has 0 saturated carbocycles. The van der Waals surface area contributed by atoms with Gasteiger partial charge in [0.25, 0.3) is 0 Å². The molecule has 0 radical (unpaired) electrons. The summed E-state index contributed by atoms with van der Waals surface area (Å²) in [7, 11) is 0. The minimum absolute atomic E-state index is 0.241. The molecule has 236 valence electrons. The van der Waals surface area contributed by atoms with Crippen molar-refractivity contribution in [1.29, 1.82) is 0 Å². The first-order chi connectivity index (χ1) is 24.8. The van der Waals surface area contributed by atoms with Crippen LogP contribution in [0.5, 0.6) is 0 Å². The zero-order valence-corrected chi connectivity index (χ0v) is 27.3. The molecule has 9 aromatic rings. The molecule has 1 aliphatic heterocycles. The first-order valence-corrected chi connectivity index (χ1v) is 17.1. The van der Waals surface area contributed by atoms with Crippen LogP contribution in [-0.4, -0.2) is 15.3 Å². The molecule has 0 saturated heterocycles. The summed E-state index contributed by atoms with van der Waals surface area (Å²) >= 11 is 0. The first kappa shape index (κ1) is 28.4. The van der Waals surface area contributed by atoms with Gasteiger partial charge >= 0.3 is 0 Å². The fourth-order valence-electron chi connectivity index (χ4n) is 7.84. The Morgan fingerprint density at radius 3 is 1.36 bits per heavy atom. The van der Waals surface area contributed by atoms with Crippen molar-refractivity contribution < 1.29 is 0 Å². The fraction of sp³-hybridized carbons (Fsp3) is 0.0217. The van der Waals surface area contributed by atoms with E-state index >= 15 is 0 Å². The number of hydrogen-bond acceptors (Lipinski definition) is 2. The van der Waals surface area contributed by atoms with Crippen molar-refractivity contribution in [3.63, 3.8) is 0 Å². The maximum Gasteiger partial charge on any atom is 0.150 e. The van der Waals surface area contributed by atoms with Gasteiger partial charge in [0.2, 0.25) is 0 Å². The maximum absolute atomic E-state index is 5.32. The largest absolute Gasteiger partial charge is 0.319 e. The van der Waals surface area contributed by atoms with Gasteiger partial charge < -0.3 is 14.0 Å². The topological polar surface area (TPSA) is 25.5 Å². The van der Waals surface area contributed by atoms with E-state index in [1.807, 2.05) is 0 Å². The van der Waals surface area contributed by atoms with E-state index in [0.29, 0.717) is 0 Å². The lowest BCUT2D eigenvalue weighted by Crippen LogP contribution is -2.26. The molecule has 0 spiro atoms. The number of fused-ring (bicyclic) bond motifs is 6. The molecule has 7 aromatic carbocycles. The van der Waals surface area contributed by atoms with Crippen LogP contribution in [0.2, 0.25) is 0 Å². The molecule has 0 N–H and O–H groups in total. The molecule has 0 aliphatic carbocycles. The van der Waals surface area contributed by atoms with Crippen molar-refractivity contribution in [2.75, 3.05) is 4.90 Å². The molecular weight excluding hydrogens is 609 g/mol. The summed E-state index contributed by atoms with van der Waals surface area (Å²) in [6.45, 7) is 0. The Kier molecular flexibility index (Phi) is 6.53. The number of nitrogens with zero attached hydrogens (tertiary/aromatic N) is 4. The zero-order chi connectivity index (χ0) is 33.0. The Hall–Kier alpha value is -6.65. The average Bonchev–Trinajstić information content (AvgIpc) is 3.71. The van der Waals surface area contributed by atoms with Crippen LogP contribution in [0.1, 0.15) is 17.3 Å². The number of benzene rings is 7. The van der Waals surface area contributed by atoms with E-state index in [1.165, 1.54) is 43.6 Å². The van der Waals surface area contributed by atoms with Crippen LogP contribution in [0.3, 0.4) is 0 Å². The van der Waals surface area contributed by atoms with E-state index in [0.717, 1.165) is 33.8 Å². The predicted molar refractivity (Wildman–Crippen MR) is 210 cm³/mol. The van der Waals surface area contributed by atoms with Crippen molar-refractivity contribution in [3.05, 3.63) is 193 Å². The third kappa shape index (κ3) is 4.35. The quantitative estimate of drug-likeness (QED) is 0.184. The maximum atomic E-state index is 5.32. The second-order valence-corrected chi connectivity index (χ2v) is 12.8. The molecule has 50 heavy (non-hydrogen) atoms.